The number of hydrogen-bond acceptors (Lipinski definition) is 2. The molecule has 1 atom stereocenters. The molecule has 0 fully saturated rings. The molecule has 0 aliphatic carbocycles. The Hall–Kier alpha value is -0.730. The van der Waals surface area contributed by atoms with Gasteiger partial charge >= 0.3 is 0 Å². The van der Waals surface area contributed by atoms with E-state index < -0.39 is 0 Å². The predicted octanol–water partition coefficient (Wildman–Crippen LogP) is 2.36. The van der Waals surface area contributed by atoms with Gasteiger partial charge in [0.2, 0.25) is 0 Å². The van der Waals surface area contributed by atoms with Crippen molar-refractivity contribution in [3.05, 3.63) is 28.8 Å². The van der Waals surface area contributed by atoms with Crippen LogP contribution in [0.3, 0.4) is 0 Å². The summed E-state index contributed by atoms with van der Waals surface area (Å²) in [5, 5.41) is 19.1. The SMILES string of the molecule is C[C@@H](O)CCc1cc(Cl)ccc1O. The lowest BCUT2D eigenvalue weighted by Crippen LogP contribution is -2.01. The van der Waals surface area contributed by atoms with Crippen LogP contribution in [-0.2, 0) is 6.42 Å². The second-order valence-corrected chi connectivity index (χ2v) is 3.60. The van der Waals surface area contributed by atoms with E-state index in [0.717, 1.165) is 5.56 Å². The molecule has 0 saturated carbocycles. The Labute approximate surface area is 82.8 Å². The van der Waals surface area contributed by atoms with Gasteiger partial charge in [-0.15, -0.1) is 0 Å². The second-order valence-electron chi connectivity index (χ2n) is 3.16. The Morgan fingerprint density at radius 1 is 1.46 bits per heavy atom. The van der Waals surface area contributed by atoms with Gasteiger partial charge < -0.3 is 10.2 Å². The van der Waals surface area contributed by atoms with E-state index in [0.29, 0.717) is 17.9 Å². The first-order valence-electron chi connectivity index (χ1n) is 4.25. The smallest absolute Gasteiger partial charge is 0.118 e. The zero-order valence-corrected chi connectivity index (χ0v) is 8.25. The van der Waals surface area contributed by atoms with E-state index in [9.17, 15) is 5.11 Å². The molecule has 0 heterocycles. The van der Waals surface area contributed by atoms with Crippen LogP contribution in [0, 0.1) is 0 Å². The number of aryl methyl sites for hydroxylation is 1. The fourth-order valence-electron chi connectivity index (χ4n) is 1.12. The maximum Gasteiger partial charge on any atom is 0.118 e. The van der Waals surface area contributed by atoms with Crippen molar-refractivity contribution in [1.82, 2.24) is 0 Å². The van der Waals surface area contributed by atoms with Gasteiger partial charge in [-0.1, -0.05) is 11.6 Å². The number of benzene rings is 1. The van der Waals surface area contributed by atoms with Crippen molar-refractivity contribution in [2.45, 2.75) is 25.9 Å². The molecule has 0 amide bonds. The molecule has 2 nitrogen and oxygen atoms in total. The van der Waals surface area contributed by atoms with Gasteiger partial charge in [0.05, 0.1) is 6.10 Å². The molecule has 0 bridgehead atoms. The third-order valence-electron chi connectivity index (χ3n) is 1.87. The van der Waals surface area contributed by atoms with Crippen molar-refractivity contribution in [3.63, 3.8) is 0 Å². The Kier molecular flexibility index (Phi) is 3.58. The van der Waals surface area contributed by atoms with Crippen LogP contribution in [0.15, 0.2) is 18.2 Å². The van der Waals surface area contributed by atoms with Crippen LogP contribution in [0.2, 0.25) is 5.02 Å². The molecule has 0 saturated heterocycles. The van der Waals surface area contributed by atoms with Crippen LogP contribution in [-0.4, -0.2) is 16.3 Å². The molecule has 0 aliphatic rings. The summed E-state index contributed by atoms with van der Waals surface area (Å²) in [5.41, 5.74) is 0.786. The highest BCUT2D eigenvalue weighted by Gasteiger charge is 2.03. The fourth-order valence-corrected chi connectivity index (χ4v) is 1.31. The minimum Gasteiger partial charge on any atom is -0.508 e. The van der Waals surface area contributed by atoms with Crippen LogP contribution in [0.1, 0.15) is 18.9 Å². The first-order valence-corrected chi connectivity index (χ1v) is 4.63. The Morgan fingerprint density at radius 3 is 2.77 bits per heavy atom. The fraction of sp³-hybridized carbons (Fsp3) is 0.400. The van der Waals surface area contributed by atoms with Gasteiger partial charge in [-0.3, -0.25) is 0 Å². The van der Waals surface area contributed by atoms with E-state index in [4.69, 9.17) is 16.7 Å². The van der Waals surface area contributed by atoms with Gasteiger partial charge in [-0.2, -0.15) is 0 Å². The average Bonchev–Trinajstić information content (AvgIpc) is 2.06. The molecular formula is C10H13ClO2. The molecule has 0 radical (unpaired) electrons. The van der Waals surface area contributed by atoms with Crippen LogP contribution < -0.4 is 0 Å². The number of phenolic OH excluding ortho intramolecular Hbond substituents is 1. The molecule has 0 aliphatic heterocycles. The Balaban J connectivity index is 2.70. The lowest BCUT2D eigenvalue weighted by molar-refractivity contribution is 0.184. The number of aliphatic hydroxyl groups is 1. The van der Waals surface area contributed by atoms with Gasteiger partial charge in [0.1, 0.15) is 5.75 Å². The second kappa shape index (κ2) is 4.49. The Morgan fingerprint density at radius 2 is 2.15 bits per heavy atom. The van der Waals surface area contributed by atoms with Gasteiger partial charge in [-0.25, -0.2) is 0 Å². The van der Waals surface area contributed by atoms with Crippen molar-refractivity contribution in [3.8, 4) is 5.75 Å². The third-order valence-corrected chi connectivity index (χ3v) is 2.11. The number of phenols is 1. The van der Waals surface area contributed by atoms with Crippen LogP contribution >= 0.6 is 11.6 Å². The summed E-state index contributed by atoms with van der Waals surface area (Å²) in [6.07, 6.45) is 0.927. The summed E-state index contributed by atoms with van der Waals surface area (Å²) in [5.74, 6) is 0.241. The number of halogens is 1. The Bertz CT molecular complexity index is 284. The maximum absolute atomic E-state index is 9.41. The van der Waals surface area contributed by atoms with Crippen molar-refractivity contribution in [2.24, 2.45) is 0 Å². The summed E-state index contributed by atoms with van der Waals surface area (Å²) in [4.78, 5) is 0. The van der Waals surface area contributed by atoms with E-state index in [1.807, 2.05) is 0 Å². The summed E-state index contributed by atoms with van der Waals surface area (Å²) in [6.45, 7) is 1.72. The average molecular weight is 201 g/mol. The topological polar surface area (TPSA) is 40.5 Å². The van der Waals surface area contributed by atoms with Crippen LogP contribution in [0.4, 0.5) is 0 Å². The summed E-state index contributed by atoms with van der Waals surface area (Å²) in [6, 6.07) is 4.93. The lowest BCUT2D eigenvalue weighted by Gasteiger charge is -2.06. The van der Waals surface area contributed by atoms with E-state index >= 15 is 0 Å². The van der Waals surface area contributed by atoms with E-state index in [1.54, 1.807) is 25.1 Å². The van der Waals surface area contributed by atoms with Crippen molar-refractivity contribution in [2.75, 3.05) is 0 Å². The van der Waals surface area contributed by atoms with Crippen LogP contribution in [0.5, 0.6) is 5.75 Å². The highest BCUT2D eigenvalue weighted by molar-refractivity contribution is 6.30. The number of aliphatic hydroxyl groups excluding tert-OH is 1. The van der Waals surface area contributed by atoms with Crippen molar-refractivity contribution < 1.29 is 10.2 Å². The minimum atomic E-state index is -0.349. The summed E-state index contributed by atoms with van der Waals surface area (Å²) in [7, 11) is 0. The zero-order valence-electron chi connectivity index (χ0n) is 7.50. The minimum absolute atomic E-state index is 0.241. The highest BCUT2D eigenvalue weighted by Crippen LogP contribution is 2.22. The molecule has 1 rings (SSSR count). The molecule has 0 unspecified atom stereocenters. The van der Waals surface area contributed by atoms with Gasteiger partial charge in [0.15, 0.2) is 0 Å². The van der Waals surface area contributed by atoms with Gasteiger partial charge in [-0.05, 0) is 43.5 Å². The molecule has 72 valence electrons. The number of aromatic hydroxyl groups is 1. The molecule has 3 heteroatoms. The summed E-state index contributed by atoms with van der Waals surface area (Å²) < 4.78 is 0. The van der Waals surface area contributed by atoms with Crippen molar-refractivity contribution >= 4 is 11.6 Å². The monoisotopic (exact) mass is 200 g/mol. The quantitative estimate of drug-likeness (QED) is 0.787. The largest absolute Gasteiger partial charge is 0.508 e. The zero-order chi connectivity index (χ0) is 9.84. The molecule has 0 aromatic heterocycles. The summed E-state index contributed by atoms with van der Waals surface area (Å²) >= 11 is 5.76. The standard InChI is InChI=1S/C10H13ClO2/c1-7(12)2-3-8-6-9(11)4-5-10(8)13/h4-7,12-13H,2-3H2,1H3/t7-/m1/s1. The third kappa shape index (κ3) is 3.25. The van der Waals surface area contributed by atoms with E-state index in [1.165, 1.54) is 0 Å². The van der Waals surface area contributed by atoms with Gasteiger partial charge in [0, 0.05) is 5.02 Å². The first-order chi connectivity index (χ1) is 6.09. The molecular weight excluding hydrogens is 188 g/mol. The van der Waals surface area contributed by atoms with Crippen LogP contribution in [0.25, 0.3) is 0 Å². The van der Waals surface area contributed by atoms with E-state index in [-0.39, 0.29) is 11.9 Å². The first kappa shape index (κ1) is 10.4. The maximum atomic E-state index is 9.41. The molecule has 1 aromatic carbocycles. The normalized spacial score (nSPS) is 12.8. The number of hydrogen-bond donors (Lipinski definition) is 2. The predicted molar refractivity (Wildman–Crippen MR) is 53.1 cm³/mol. The molecule has 1 aromatic rings. The molecule has 0 spiro atoms. The van der Waals surface area contributed by atoms with Crippen molar-refractivity contribution in [1.29, 1.82) is 0 Å². The molecule has 13 heavy (non-hydrogen) atoms. The highest BCUT2D eigenvalue weighted by atomic mass is 35.5. The number of rotatable bonds is 3. The van der Waals surface area contributed by atoms with E-state index in [2.05, 4.69) is 0 Å². The molecule has 2 N–H and O–H groups in total. The van der Waals surface area contributed by atoms with Gasteiger partial charge in [0.25, 0.3) is 0 Å². The lowest BCUT2D eigenvalue weighted by atomic mass is 10.1.